The molecule has 2 unspecified atom stereocenters. The maximum Gasteiger partial charge on any atom is 0.330 e. The van der Waals surface area contributed by atoms with Crippen LogP contribution in [0.5, 0.6) is 0 Å². The van der Waals surface area contributed by atoms with Gasteiger partial charge in [0.15, 0.2) is 0 Å². The Kier molecular flexibility index (Phi) is 15.0. The van der Waals surface area contributed by atoms with E-state index in [0.717, 1.165) is 17.7 Å². The molecule has 0 spiro atoms. The predicted octanol–water partition coefficient (Wildman–Crippen LogP) is 2.29. The molecular formula is C24H42N4O3S2. The Morgan fingerprint density at radius 2 is 1.85 bits per heavy atom. The first-order valence-corrected chi connectivity index (χ1v) is 13.6. The molecule has 5 atom stereocenters. The molecule has 0 bridgehead atoms. The molecule has 0 radical (unpaired) electrons. The lowest BCUT2D eigenvalue weighted by molar-refractivity contribution is -0.164. The predicted molar refractivity (Wildman–Crippen MR) is 141 cm³/mol. The summed E-state index contributed by atoms with van der Waals surface area (Å²) in [5.41, 5.74) is 13.0. The molecule has 1 aromatic carbocycles. The van der Waals surface area contributed by atoms with Crippen LogP contribution in [0.1, 0.15) is 39.2 Å². The van der Waals surface area contributed by atoms with E-state index in [9.17, 15) is 9.59 Å². The van der Waals surface area contributed by atoms with E-state index in [-0.39, 0.29) is 12.1 Å². The van der Waals surface area contributed by atoms with E-state index in [0.29, 0.717) is 37.7 Å². The van der Waals surface area contributed by atoms with E-state index in [4.69, 9.17) is 16.2 Å². The number of thiol groups is 1. The Hall–Kier alpha value is -1.10. The summed E-state index contributed by atoms with van der Waals surface area (Å²) in [7, 11) is 0. The van der Waals surface area contributed by atoms with Gasteiger partial charge in [-0.2, -0.15) is 24.4 Å². The van der Waals surface area contributed by atoms with Crippen molar-refractivity contribution in [1.29, 1.82) is 0 Å². The average molecular weight is 499 g/mol. The molecule has 1 aromatic rings. The quantitative estimate of drug-likeness (QED) is 0.156. The lowest BCUT2D eigenvalue weighted by Crippen LogP contribution is -2.52. The second-order valence-electron chi connectivity index (χ2n) is 8.56. The first-order valence-electron chi connectivity index (χ1n) is 11.6. The van der Waals surface area contributed by atoms with Gasteiger partial charge in [0.25, 0.3) is 0 Å². The summed E-state index contributed by atoms with van der Waals surface area (Å²) in [5.74, 6) is 0.439. The highest BCUT2D eigenvalue weighted by atomic mass is 32.2. The van der Waals surface area contributed by atoms with Crippen LogP contribution >= 0.6 is 24.4 Å². The van der Waals surface area contributed by atoms with Crippen LogP contribution in [0.2, 0.25) is 0 Å². The number of nitrogens with zero attached hydrogens (tertiary/aromatic N) is 1. The summed E-state index contributed by atoms with van der Waals surface area (Å²) in [6.07, 6.45) is 3.40. The Morgan fingerprint density at radius 3 is 2.42 bits per heavy atom. The molecule has 0 aliphatic rings. The summed E-state index contributed by atoms with van der Waals surface area (Å²) >= 11 is 5.87. The van der Waals surface area contributed by atoms with E-state index >= 15 is 0 Å². The van der Waals surface area contributed by atoms with Gasteiger partial charge in [0.1, 0.15) is 12.1 Å². The van der Waals surface area contributed by atoms with Gasteiger partial charge < -0.3 is 21.5 Å². The van der Waals surface area contributed by atoms with Crippen molar-refractivity contribution >= 4 is 36.3 Å². The van der Waals surface area contributed by atoms with E-state index < -0.39 is 24.0 Å². The number of ether oxygens (including phenoxy) is 1. The first-order chi connectivity index (χ1) is 15.7. The topological polar surface area (TPSA) is 111 Å². The minimum absolute atomic E-state index is 0.0507. The van der Waals surface area contributed by atoms with Crippen molar-refractivity contribution in [3.63, 3.8) is 0 Å². The summed E-state index contributed by atoms with van der Waals surface area (Å²) in [4.78, 5) is 27.3. The van der Waals surface area contributed by atoms with Crippen molar-refractivity contribution in [1.82, 2.24) is 10.2 Å². The van der Waals surface area contributed by atoms with Gasteiger partial charge in [0.2, 0.25) is 0 Å². The summed E-state index contributed by atoms with van der Waals surface area (Å²) in [6, 6.07) is 8.60. The van der Waals surface area contributed by atoms with Gasteiger partial charge in [-0.3, -0.25) is 4.90 Å². The van der Waals surface area contributed by atoms with Crippen molar-refractivity contribution in [2.24, 2.45) is 17.4 Å². The van der Waals surface area contributed by atoms with E-state index in [1.54, 1.807) is 18.7 Å². The summed E-state index contributed by atoms with van der Waals surface area (Å²) < 4.78 is 5.17. The van der Waals surface area contributed by atoms with Crippen LogP contribution < -0.4 is 16.8 Å². The van der Waals surface area contributed by atoms with Gasteiger partial charge in [-0.25, -0.2) is 9.59 Å². The van der Waals surface area contributed by atoms with Crippen molar-refractivity contribution in [2.45, 2.75) is 64.3 Å². The van der Waals surface area contributed by atoms with Gasteiger partial charge in [-0.15, -0.1) is 0 Å². The maximum absolute atomic E-state index is 12.9. The highest BCUT2D eigenvalue weighted by Gasteiger charge is 2.30. The van der Waals surface area contributed by atoms with Gasteiger partial charge in [-0.1, -0.05) is 50.6 Å². The summed E-state index contributed by atoms with van der Waals surface area (Å²) in [6.45, 7) is 7.90. The van der Waals surface area contributed by atoms with Crippen molar-refractivity contribution in [3.05, 3.63) is 35.9 Å². The molecule has 0 fully saturated rings. The van der Waals surface area contributed by atoms with Crippen LogP contribution in [0.15, 0.2) is 30.3 Å². The lowest BCUT2D eigenvalue weighted by Gasteiger charge is -2.34. The fourth-order valence-electron chi connectivity index (χ4n) is 3.30. The zero-order valence-electron chi connectivity index (χ0n) is 20.4. The molecule has 0 saturated heterocycles. The molecule has 0 heterocycles. The van der Waals surface area contributed by atoms with Gasteiger partial charge in [-0.05, 0) is 36.8 Å². The standard InChI is InChI=1S/C24H42N4O3S2/c1-5-17(2)22(27-13-20(25)16-32)15-28(14-19-9-7-6-8-10-19)18(3)23(29)31-24(30)21(26)11-12-33-4/h6-10,17-18,20-22,27,32H,5,11-16,25-26H2,1-4H3/t17?,18-,20+,21-,22?/m0/s1. The molecule has 0 aliphatic carbocycles. The molecule has 0 aliphatic heterocycles. The van der Waals surface area contributed by atoms with Crippen molar-refractivity contribution in [3.8, 4) is 0 Å². The van der Waals surface area contributed by atoms with Gasteiger partial charge in [0.05, 0.1) is 0 Å². The number of hydrogen-bond acceptors (Lipinski definition) is 9. The summed E-state index contributed by atoms with van der Waals surface area (Å²) in [5, 5.41) is 3.56. The van der Waals surface area contributed by atoms with Crippen molar-refractivity contribution < 1.29 is 14.3 Å². The number of rotatable bonds is 16. The molecule has 188 valence electrons. The van der Waals surface area contributed by atoms with Crippen LogP contribution in [0.4, 0.5) is 0 Å². The number of nitrogens with one attached hydrogen (secondary N) is 1. The normalized spacial score (nSPS) is 16.1. The Labute approximate surface area is 209 Å². The van der Waals surface area contributed by atoms with Crippen LogP contribution in [0.25, 0.3) is 0 Å². The Bertz CT molecular complexity index is 696. The SMILES string of the molecule is CCC(C)C(CN(Cc1ccccc1)[C@@H](C)C(=O)OC(=O)[C@@H](N)CCSC)NC[C@@H](N)CS. The van der Waals surface area contributed by atoms with Crippen LogP contribution in [0, 0.1) is 5.92 Å². The highest BCUT2D eigenvalue weighted by molar-refractivity contribution is 7.98. The molecule has 0 amide bonds. The number of benzene rings is 1. The number of esters is 2. The zero-order chi connectivity index (χ0) is 24.8. The van der Waals surface area contributed by atoms with E-state index in [2.05, 4.69) is 36.7 Å². The largest absolute Gasteiger partial charge is 0.391 e. The maximum atomic E-state index is 12.9. The smallest absolute Gasteiger partial charge is 0.330 e. The number of carbonyl (C=O) groups is 2. The fraction of sp³-hybridized carbons (Fsp3) is 0.667. The third kappa shape index (κ3) is 11.2. The molecule has 7 nitrogen and oxygen atoms in total. The minimum atomic E-state index is -0.798. The lowest BCUT2D eigenvalue weighted by atomic mass is 9.97. The molecule has 1 rings (SSSR count). The number of thioether (sulfide) groups is 1. The molecule has 33 heavy (non-hydrogen) atoms. The van der Waals surface area contributed by atoms with Gasteiger partial charge in [0, 0.05) is 37.5 Å². The van der Waals surface area contributed by atoms with Crippen LogP contribution in [-0.2, 0) is 20.9 Å². The third-order valence-corrected chi connectivity index (χ3v) is 7.01. The second-order valence-corrected chi connectivity index (χ2v) is 9.91. The van der Waals surface area contributed by atoms with Crippen molar-refractivity contribution in [2.75, 3.05) is 30.9 Å². The molecule has 0 aromatic heterocycles. The zero-order valence-corrected chi connectivity index (χ0v) is 22.1. The van der Waals surface area contributed by atoms with E-state index in [1.165, 1.54) is 0 Å². The number of carbonyl (C=O) groups excluding carboxylic acids is 2. The first kappa shape index (κ1) is 29.9. The molecular weight excluding hydrogens is 456 g/mol. The average Bonchev–Trinajstić information content (AvgIpc) is 2.83. The molecule has 5 N–H and O–H groups in total. The second kappa shape index (κ2) is 16.5. The van der Waals surface area contributed by atoms with Crippen LogP contribution in [-0.4, -0.2) is 71.9 Å². The van der Waals surface area contributed by atoms with Gasteiger partial charge >= 0.3 is 11.9 Å². The minimum Gasteiger partial charge on any atom is -0.391 e. The van der Waals surface area contributed by atoms with E-state index in [1.807, 2.05) is 36.6 Å². The number of nitrogens with two attached hydrogens (primary N) is 2. The monoisotopic (exact) mass is 498 g/mol. The highest BCUT2D eigenvalue weighted by Crippen LogP contribution is 2.16. The Morgan fingerprint density at radius 1 is 1.18 bits per heavy atom. The number of hydrogen-bond donors (Lipinski definition) is 4. The Balaban J connectivity index is 2.98. The van der Waals surface area contributed by atoms with Crippen LogP contribution in [0.3, 0.4) is 0 Å². The third-order valence-electron chi connectivity index (χ3n) is 5.89. The molecule has 0 saturated carbocycles. The molecule has 9 heteroatoms. The fourth-order valence-corrected chi connectivity index (χ4v) is 3.92.